The van der Waals surface area contributed by atoms with Crippen molar-refractivity contribution < 1.29 is 14.3 Å². The Balaban J connectivity index is 1.10. The number of pyridine rings is 1. The van der Waals surface area contributed by atoms with E-state index in [1.54, 1.807) is 0 Å². The highest BCUT2D eigenvalue weighted by Gasteiger charge is 2.59. The topological polar surface area (TPSA) is 74.8 Å². The molecule has 4 fully saturated rings. The second-order valence-corrected chi connectivity index (χ2v) is 10.9. The zero-order chi connectivity index (χ0) is 23.4. The van der Waals surface area contributed by atoms with E-state index < -0.39 is 0 Å². The fraction of sp³-hybridized carbons (Fsp3) is 0.741. The van der Waals surface area contributed by atoms with Crippen molar-refractivity contribution in [1.82, 2.24) is 20.1 Å². The standard InChI is InChI=1S/C27H40N4O3/c32-24(29-12-4-5-22-6-13-28-14-7-22)23-21-26(23)10-15-30(16-11-26)25(33)27(8-2-1-3-9-27)31-17-19-34-20-18-31/h6-7,13-14,23H,1-5,8-12,15-21H2,(H,29,32). The quantitative estimate of drug-likeness (QED) is 0.623. The molecule has 1 spiro atoms. The number of nitrogens with one attached hydrogen (secondary N) is 1. The van der Waals surface area contributed by atoms with Gasteiger partial charge in [-0.15, -0.1) is 0 Å². The fourth-order valence-corrected chi connectivity index (χ4v) is 6.69. The third kappa shape index (κ3) is 4.87. The number of aryl methyl sites for hydroxylation is 1. The number of amides is 2. The van der Waals surface area contributed by atoms with E-state index in [2.05, 4.69) is 20.1 Å². The Hall–Kier alpha value is -1.99. The Morgan fingerprint density at radius 1 is 1.00 bits per heavy atom. The predicted molar refractivity (Wildman–Crippen MR) is 130 cm³/mol. The molecule has 1 aromatic rings. The number of rotatable bonds is 7. The lowest BCUT2D eigenvalue weighted by Gasteiger charge is -2.49. The maximum atomic E-state index is 13.9. The minimum atomic E-state index is -0.318. The Morgan fingerprint density at radius 3 is 2.41 bits per heavy atom. The molecule has 2 amide bonds. The molecule has 5 rings (SSSR count). The lowest BCUT2D eigenvalue weighted by atomic mass is 9.78. The van der Waals surface area contributed by atoms with E-state index in [4.69, 9.17) is 4.74 Å². The zero-order valence-corrected chi connectivity index (χ0v) is 20.5. The molecule has 2 aliphatic heterocycles. The minimum Gasteiger partial charge on any atom is -0.379 e. The molecule has 2 saturated heterocycles. The summed E-state index contributed by atoms with van der Waals surface area (Å²) in [6.07, 6.45) is 13.9. The molecule has 1 aromatic heterocycles. The number of nitrogens with zero attached hydrogens (tertiary/aromatic N) is 3. The molecule has 7 heteroatoms. The predicted octanol–water partition coefficient (Wildman–Crippen LogP) is 2.79. The van der Waals surface area contributed by atoms with Gasteiger partial charge in [-0.2, -0.15) is 0 Å². The first-order valence-corrected chi connectivity index (χ1v) is 13.4. The number of ether oxygens (including phenoxy) is 1. The van der Waals surface area contributed by atoms with Gasteiger partial charge in [0, 0.05) is 51.0 Å². The van der Waals surface area contributed by atoms with Gasteiger partial charge >= 0.3 is 0 Å². The van der Waals surface area contributed by atoms with Crippen LogP contribution in [0.1, 0.15) is 63.4 Å². The molecule has 1 unspecified atom stereocenters. The first-order chi connectivity index (χ1) is 16.6. The van der Waals surface area contributed by atoms with Crippen LogP contribution in [0, 0.1) is 11.3 Å². The second kappa shape index (κ2) is 10.3. The number of carbonyl (C=O) groups excluding carboxylic acids is 2. The van der Waals surface area contributed by atoms with Crippen LogP contribution in [0.3, 0.4) is 0 Å². The van der Waals surface area contributed by atoms with E-state index in [1.807, 2.05) is 24.5 Å². The third-order valence-electron chi connectivity index (χ3n) is 8.94. The van der Waals surface area contributed by atoms with Gasteiger partial charge in [0.25, 0.3) is 0 Å². The van der Waals surface area contributed by atoms with E-state index in [9.17, 15) is 9.59 Å². The minimum absolute atomic E-state index is 0.130. The summed E-state index contributed by atoms with van der Waals surface area (Å²) in [6.45, 7) is 5.53. The molecule has 1 N–H and O–H groups in total. The van der Waals surface area contributed by atoms with Gasteiger partial charge in [0.15, 0.2) is 0 Å². The summed E-state index contributed by atoms with van der Waals surface area (Å²) in [5.41, 5.74) is 1.07. The highest BCUT2D eigenvalue weighted by atomic mass is 16.5. The van der Waals surface area contributed by atoms with Crippen LogP contribution in [-0.4, -0.2) is 78.1 Å². The number of hydrogen-bond donors (Lipinski definition) is 1. The Bertz CT molecular complexity index is 841. The van der Waals surface area contributed by atoms with Gasteiger partial charge in [-0.3, -0.25) is 19.5 Å². The van der Waals surface area contributed by atoms with Gasteiger partial charge in [-0.25, -0.2) is 0 Å². The van der Waals surface area contributed by atoms with Crippen molar-refractivity contribution >= 4 is 11.8 Å². The molecule has 0 radical (unpaired) electrons. The lowest BCUT2D eigenvalue weighted by Crippen LogP contribution is -2.63. The number of carbonyl (C=O) groups is 2. The van der Waals surface area contributed by atoms with Crippen LogP contribution in [0.4, 0.5) is 0 Å². The van der Waals surface area contributed by atoms with E-state index in [0.717, 1.165) is 104 Å². The lowest BCUT2D eigenvalue weighted by molar-refractivity contribution is -0.153. The molecule has 186 valence electrons. The number of morpholine rings is 1. The van der Waals surface area contributed by atoms with Gasteiger partial charge in [-0.1, -0.05) is 19.3 Å². The van der Waals surface area contributed by atoms with E-state index in [0.29, 0.717) is 5.91 Å². The van der Waals surface area contributed by atoms with Crippen molar-refractivity contribution in [2.75, 3.05) is 45.9 Å². The molecule has 7 nitrogen and oxygen atoms in total. The van der Waals surface area contributed by atoms with Crippen molar-refractivity contribution in [3.63, 3.8) is 0 Å². The highest BCUT2D eigenvalue weighted by Crippen LogP contribution is 2.59. The van der Waals surface area contributed by atoms with Gasteiger partial charge in [-0.05, 0) is 68.1 Å². The van der Waals surface area contributed by atoms with Crippen molar-refractivity contribution in [1.29, 1.82) is 0 Å². The van der Waals surface area contributed by atoms with Crippen molar-refractivity contribution in [3.8, 4) is 0 Å². The summed E-state index contributed by atoms with van der Waals surface area (Å²) in [6, 6.07) is 4.06. The monoisotopic (exact) mass is 468 g/mol. The van der Waals surface area contributed by atoms with E-state index in [1.165, 1.54) is 12.0 Å². The first kappa shape index (κ1) is 23.7. The Kier molecular flexibility index (Phi) is 7.21. The average Bonchev–Trinajstić information content (AvgIpc) is 3.61. The van der Waals surface area contributed by atoms with Crippen LogP contribution in [0.25, 0.3) is 0 Å². The molecule has 0 bridgehead atoms. The smallest absolute Gasteiger partial charge is 0.243 e. The fourth-order valence-electron chi connectivity index (χ4n) is 6.69. The summed E-state index contributed by atoms with van der Waals surface area (Å²) >= 11 is 0. The molecule has 0 aromatic carbocycles. The number of likely N-dealkylation sites (tertiary alicyclic amines) is 1. The molecule has 34 heavy (non-hydrogen) atoms. The van der Waals surface area contributed by atoms with Crippen LogP contribution >= 0.6 is 0 Å². The van der Waals surface area contributed by atoms with Crippen LogP contribution in [0.2, 0.25) is 0 Å². The van der Waals surface area contributed by atoms with E-state index >= 15 is 0 Å². The molecule has 4 aliphatic rings. The Morgan fingerprint density at radius 2 is 1.71 bits per heavy atom. The third-order valence-corrected chi connectivity index (χ3v) is 8.94. The van der Waals surface area contributed by atoms with Gasteiger partial charge in [0.2, 0.25) is 11.8 Å². The maximum Gasteiger partial charge on any atom is 0.243 e. The summed E-state index contributed by atoms with van der Waals surface area (Å²) in [5.74, 6) is 0.696. The zero-order valence-electron chi connectivity index (χ0n) is 20.5. The number of hydrogen-bond acceptors (Lipinski definition) is 5. The Labute approximate surface area is 203 Å². The molecule has 2 aliphatic carbocycles. The van der Waals surface area contributed by atoms with E-state index in [-0.39, 0.29) is 22.8 Å². The maximum absolute atomic E-state index is 13.9. The van der Waals surface area contributed by atoms with Gasteiger partial charge < -0.3 is 15.0 Å². The first-order valence-electron chi connectivity index (χ1n) is 13.4. The molecule has 1 atom stereocenters. The summed E-state index contributed by atoms with van der Waals surface area (Å²) in [5, 5.41) is 3.17. The molecular formula is C27H40N4O3. The molecule has 2 saturated carbocycles. The van der Waals surface area contributed by atoms with Gasteiger partial charge in [0.1, 0.15) is 5.54 Å². The number of piperidine rings is 1. The summed E-state index contributed by atoms with van der Waals surface area (Å²) < 4.78 is 5.58. The summed E-state index contributed by atoms with van der Waals surface area (Å²) in [7, 11) is 0. The van der Waals surface area contributed by atoms with Crippen LogP contribution in [0.5, 0.6) is 0 Å². The normalized spacial score (nSPS) is 26.2. The van der Waals surface area contributed by atoms with Crippen molar-refractivity contribution in [2.24, 2.45) is 11.3 Å². The summed E-state index contributed by atoms with van der Waals surface area (Å²) in [4.78, 5) is 35.3. The van der Waals surface area contributed by atoms with Crippen LogP contribution in [-0.2, 0) is 20.7 Å². The van der Waals surface area contributed by atoms with Crippen molar-refractivity contribution in [2.45, 2.75) is 69.7 Å². The molecule has 3 heterocycles. The van der Waals surface area contributed by atoms with Crippen LogP contribution in [0.15, 0.2) is 24.5 Å². The van der Waals surface area contributed by atoms with Crippen LogP contribution < -0.4 is 5.32 Å². The van der Waals surface area contributed by atoms with Crippen molar-refractivity contribution in [3.05, 3.63) is 30.1 Å². The molecular weight excluding hydrogens is 428 g/mol. The average molecular weight is 469 g/mol. The van der Waals surface area contributed by atoms with Gasteiger partial charge in [0.05, 0.1) is 13.2 Å². The second-order valence-electron chi connectivity index (χ2n) is 10.9. The SMILES string of the molecule is O=C(NCCCc1ccncc1)C1CC12CCN(C(=O)C1(N3CCOCC3)CCCCC1)CC2. The number of aromatic nitrogens is 1. The highest BCUT2D eigenvalue weighted by molar-refractivity contribution is 5.87. The largest absolute Gasteiger partial charge is 0.379 e.